The van der Waals surface area contributed by atoms with Crippen LogP contribution in [0.3, 0.4) is 0 Å². The summed E-state index contributed by atoms with van der Waals surface area (Å²) in [5.74, 6) is 0. The van der Waals surface area contributed by atoms with Gasteiger partial charge < -0.3 is 14.7 Å². The first kappa shape index (κ1) is 22.6. The van der Waals surface area contributed by atoms with Gasteiger partial charge in [-0.15, -0.1) is 0 Å². The van der Waals surface area contributed by atoms with Gasteiger partial charge >= 0.3 is 56.7 Å². The number of hydrogen-bond donors (Lipinski definition) is 3. The van der Waals surface area contributed by atoms with E-state index in [-0.39, 0.29) is 108 Å². The number of rotatable bonds is 0. The molecule has 0 spiro atoms. The Kier molecular flexibility index (Phi) is 30.1. The number of phosphoric acid groups is 1. The molecule has 0 bridgehead atoms. The van der Waals surface area contributed by atoms with Crippen molar-refractivity contribution < 1.29 is 78.2 Å². The zero-order valence-electron chi connectivity index (χ0n) is 3.27. The van der Waals surface area contributed by atoms with Crippen molar-refractivity contribution in [3.05, 3.63) is 0 Å². The first-order chi connectivity index (χ1) is 2.00. The smallest absolute Gasteiger partial charge is 0 e. The molecule has 4 nitrogen and oxygen atoms in total. The van der Waals surface area contributed by atoms with Gasteiger partial charge in [0.2, 0.25) is 0 Å². The van der Waals surface area contributed by atoms with Crippen LogP contribution in [0.1, 0.15) is 0 Å². The molecule has 8 heavy (non-hydrogen) atoms. The number of hydrogen-bond acceptors (Lipinski definition) is 1. The van der Waals surface area contributed by atoms with Gasteiger partial charge in [0.25, 0.3) is 0 Å². The Labute approximate surface area is 132 Å². The maximum atomic E-state index is 8.88. The second-order valence-electron chi connectivity index (χ2n) is 0.513. The predicted octanol–water partition coefficient (Wildman–Crippen LogP) is -1.85. The van der Waals surface area contributed by atoms with Crippen LogP contribution in [-0.2, 0) is 63.5 Å². The molecular weight excluding hydrogens is 412 g/mol. The van der Waals surface area contributed by atoms with Gasteiger partial charge in [-0.1, -0.05) is 0 Å². The van der Waals surface area contributed by atoms with Crippen molar-refractivity contribution >= 4 is 56.7 Å². The average molecular weight is 417 g/mol. The molecule has 0 heterocycles. The van der Waals surface area contributed by atoms with Crippen molar-refractivity contribution in [2.24, 2.45) is 0 Å². The summed E-state index contributed by atoms with van der Waals surface area (Å²) in [7, 11) is -4.64. The standard InChI is InChI=1S/Ba.H3O4P.Y.Zr.2H/c;1-5(2,3)4;;;;/h;(H3,1,2,3,4);;;;. The Morgan fingerprint density at radius 3 is 1.12 bits per heavy atom. The molecule has 0 unspecified atom stereocenters. The summed E-state index contributed by atoms with van der Waals surface area (Å²) in [5, 5.41) is 0. The van der Waals surface area contributed by atoms with Gasteiger partial charge in [0.15, 0.2) is 0 Å². The second kappa shape index (κ2) is 10.7. The first-order valence-corrected chi connectivity index (χ1v) is 2.35. The van der Waals surface area contributed by atoms with Gasteiger partial charge in [0, 0.05) is 58.9 Å². The summed E-state index contributed by atoms with van der Waals surface area (Å²) in [6.45, 7) is 0. The van der Waals surface area contributed by atoms with E-state index >= 15 is 0 Å². The Morgan fingerprint density at radius 2 is 1.12 bits per heavy atom. The van der Waals surface area contributed by atoms with Crippen LogP contribution in [0.2, 0.25) is 0 Å². The van der Waals surface area contributed by atoms with Crippen LogP contribution in [0.5, 0.6) is 0 Å². The third-order valence-electron chi connectivity index (χ3n) is 0. The molecule has 1 radical (unpaired) electrons. The van der Waals surface area contributed by atoms with Crippen LogP contribution in [0.15, 0.2) is 0 Å². The van der Waals surface area contributed by atoms with Crippen LogP contribution in [0, 0.1) is 0 Å². The van der Waals surface area contributed by atoms with Gasteiger partial charge in [0.05, 0.1) is 0 Å². The van der Waals surface area contributed by atoms with Crippen molar-refractivity contribution in [3.63, 3.8) is 0 Å². The van der Waals surface area contributed by atoms with Gasteiger partial charge in [-0.3, -0.25) is 0 Å². The third-order valence-corrected chi connectivity index (χ3v) is 0. The molecule has 0 fully saturated rings. The minimum atomic E-state index is -4.64. The van der Waals surface area contributed by atoms with E-state index in [0.29, 0.717) is 0 Å². The summed E-state index contributed by atoms with van der Waals surface area (Å²) in [6, 6.07) is 0. The van der Waals surface area contributed by atoms with E-state index in [0.717, 1.165) is 0 Å². The van der Waals surface area contributed by atoms with Crippen LogP contribution < -0.4 is 0 Å². The molecule has 43 valence electrons. The quantitative estimate of drug-likeness (QED) is 0.320. The van der Waals surface area contributed by atoms with Crippen LogP contribution in [0.4, 0.5) is 0 Å². The molecular formula is H5BaO4PYZr. The summed E-state index contributed by atoms with van der Waals surface area (Å²) in [4.78, 5) is 21.6. The molecule has 0 rings (SSSR count). The van der Waals surface area contributed by atoms with Crippen molar-refractivity contribution in [2.75, 3.05) is 0 Å². The fourth-order valence-corrected chi connectivity index (χ4v) is 0. The fourth-order valence-electron chi connectivity index (χ4n) is 0. The molecule has 8 heteroatoms. The molecule has 0 aliphatic rings. The molecule has 0 saturated heterocycles. The van der Waals surface area contributed by atoms with Gasteiger partial charge in [-0.25, -0.2) is 4.57 Å². The largest absolute Gasteiger partial charge is 0 e. The Balaban J connectivity index is -0.0000000267. The van der Waals surface area contributed by atoms with Crippen LogP contribution >= 0.6 is 7.82 Å². The van der Waals surface area contributed by atoms with Crippen LogP contribution in [0.25, 0.3) is 0 Å². The van der Waals surface area contributed by atoms with E-state index in [1.807, 2.05) is 0 Å². The second-order valence-corrected chi connectivity index (χ2v) is 1.54. The Morgan fingerprint density at radius 1 is 1.12 bits per heavy atom. The summed E-state index contributed by atoms with van der Waals surface area (Å²) >= 11 is 0. The van der Waals surface area contributed by atoms with Gasteiger partial charge in [-0.2, -0.15) is 0 Å². The minimum Gasteiger partial charge on any atom is 0 e. The summed E-state index contributed by atoms with van der Waals surface area (Å²) in [6.07, 6.45) is 0. The zero-order chi connectivity index (χ0) is 4.50. The van der Waals surface area contributed by atoms with E-state index in [1.165, 1.54) is 0 Å². The average Bonchev–Trinajstić information content (AvgIpc) is 0.722. The zero-order valence-corrected chi connectivity index (χ0v) is 9.47. The van der Waals surface area contributed by atoms with Gasteiger partial charge in [0.1, 0.15) is 0 Å². The summed E-state index contributed by atoms with van der Waals surface area (Å²) < 4.78 is 8.88. The van der Waals surface area contributed by atoms with E-state index in [4.69, 9.17) is 19.2 Å². The van der Waals surface area contributed by atoms with E-state index in [2.05, 4.69) is 0 Å². The molecule has 0 aromatic heterocycles. The molecule has 0 aromatic rings. The molecule has 0 atom stereocenters. The molecule has 3 N–H and O–H groups in total. The predicted molar refractivity (Wildman–Crippen MR) is 22.8 cm³/mol. The monoisotopic (exact) mass is 417 g/mol. The normalized spacial score (nSPS) is 7.38. The van der Waals surface area contributed by atoms with Crippen molar-refractivity contribution in [1.29, 1.82) is 0 Å². The SMILES string of the molecule is O=P(O)(O)O.[BaH2].[Y].[Zr]. The van der Waals surface area contributed by atoms with Gasteiger partial charge in [-0.05, 0) is 0 Å². The minimum absolute atomic E-state index is 0. The molecule has 0 amide bonds. The van der Waals surface area contributed by atoms with Crippen molar-refractivity contribution in [1.82, 2.24) is 0 Å². The van der Waals surface area contributed by atoms with E-state index in [9.17, 15) is 0 Å². The summed E-state index contributed by atoms with van der Waals surface area (Å²) in [5.41, 5.74) is 0. The Hall–Kier alpha value is 3.67. The van der Waals surface area contributed by atoms with E-state index in [1.54, 1.807) is 0 Å². The van der Waals surface area contributed by atoms with Crippen molar-refractivity contribution in [3.8, 4) is 0 Å². The molecule has 0 aromatic carbocycles. The third kappa shape index (κ3) is 54.0. The maximum absolute atomic E-state index is 8.88. The first-order valence-electron chi connectivity index (χ1n) is 0.783. The maximum Gasteiger partial charge on any atom is 0 e. The molecule has 0 aliphatic carbocycles. The molecule has 0 aliphatic heterocycles. The van der Waals surface area contributed by atoms with Crippen molar-refractivity contribution in [2.45, 2.75) is 0 Å². The Bertz CT molecular complexity index is 62.2. The van der Waals surface area contributed by atoms with E-state index < -0.39 is 7.82 Å². The fraction of sp³-hybridized carbons (Fsp3) is 0. The molecule has 0 saturated carbocycles. The topological polar surface area (TPSA) is 77.8 Å². The van der Waals surface area contributed by atoms with Crippen LogP contribution in [-0.4, -0.2) is 63.6 Å².